The predicted molar refractivity (Wildman–Crippen MR) is 116 cm³/mol. The number of fused-ring (bicyclic) bond motifs is 2. The molecule has 2 aliphatic rings. The summed E-state index contributed by atoms with van der Waals surface area (Å²) in [5, 5.41) is 0.663. The Hall–Kier alpha value is -2.20. The molecule has 0 N–H and O–H groups in total. The Kier molecular flexibility index (Phi) is 4.27. The van der Waals surface area contributed by atoms with Gasteiger partial charge in [0.15, 0.2) is 11.2 Å². The molecule has 0 spiro atoms. The van der Waals surface area contributed by atoms with Crippen molar-refractivity contribution in [3.05, 3.63) is 56.7 Å². The molecule has 2 aliphatic carbocycles. The monoisotopic (exact) mass is 391 g/mol. The van der Waals surface area contributed by atoms with Crippen LogP contribution in [0.4, 0.5) is 0 Å². The van der Waals surface area contributed by atoms with Gasteiger partial charge in [0, 0.05) is 27.4 Å². The first kappa shape index (κ1) is 17.9. The van der Waals surface area contributed by atoms with E-state index < -0.39 is 0 Å². The van der Waals surface area contributed by atoms with E-state index >= 15 is 0 Å². The zero-order chi connectivity index (χ0) is 19.4. The van der Waals surface area contributed by atoms with Crippen LogP contribution < -0.4 is 5.43 Å². The van der Waals surface area contributed by atoms with Crippen molar-refractivity contribution < 1.29 is 4.79 Å². The SMILES string of the molecule is CCC1CCCc2sc(-c3ccc4c(=O)c(C(C)=O)cn(C5CC5)c4c3)cc21. The third kappa shape index (κ3) is 2.86. The molecule has 5 rings (SSSR count). The van der Waals surface area contributed by atoms with Crippen LogP contribution >= 0.6 is 11.3 Å². The lowest BCUT2D eigenvalue weighted by Gasteiger charge is -2.20. The molecular formula is C24H25NO2S. The quantitative estimate of drug-likeness (QED) is 0.504. The number of pyridine rings is 1. The molecule has 0 saturated heterocycles. The summed E-state index contributed by atoms with van der Waals surface area (Å²) in [5.74, 6) is 0.541. The molecule has 3 nitrogen and oxygen atoms in total. The summed E-state index contributed by atoms with van der Waals surface area (Å²) in [7, 11) is 0. The highest BCUT2D eigenvalue weighted by Gasteiger charge is 2.27. The van der Waals surface area contributed by atoms with Crippen LogP contribution in [0, 0.1) is 0 Å². The van der Waals surface area contributed by atoms with Gasteiger partial charge in [-0.2, -0.15) is 0 Å². The van der Waals surface area contributed by atoms with Crippen molar-refractivity contribution >= 4 is 28.0 Å². The minimum Gasteiger partial charge on any atom is -0.343 e. The van der Waals surface area contributed by atoms with Gasteiger partial charge in [-0.1, -0.05) is 13.0 Å². The van der Waals surface area contributed by atoms with Crippen LogP contribution in [0.3, 0.4) is 0 Å². The second-order valence-electron chi connectivity index (χ2n) is 8.29. The second-order valence-corrected chi connectivity index (χ2v) is 9.42. The van der Waals surface area contributed by atoms with Gasteiger partial charge in [-0.25, -0.2) is 0 Å². The molecule has 1 aromatic carbocycles. The van der Waals surface area contributed by atoms with Gasteiger partial charge in [0.2, 0.25) is 0 Å². The normalized spacial score (nSPS) is 19.0. The lowest BCUT2D eigenvalue weighted by atomic mass is 9.86. The molecule has 1 atom stereocenters. The number of Topliss-reactive ketones (excluding diaryl/α,β-unsaturated/α-hetero) is 1. The third-order valence-corrected chi connectivity index (χ3v) is 7.63. The number of hydrogen-bond acceptors (Lipinski definition) is 3. The fraction of sp³-hybridized carbons (Fsp3) is 0.417. The zero-order valence-corrected chi connectivity index (χ0v) is 17.3. The maximum atomic E-state index is 12.8. The number of carbonyl (C=O) groups excluding carboxylic acids is 1. The molecule has 1 saturated carbocycles. The largest absolute Gasteiger partial charge is 0.343 e. The van der Waals surface area contributed by atoms with Crippen molar-refractivity contribution in [2.24, 2.45) is 0 Å². The summed E-state index contributed by atoms with van der Waals surface area (Å²) in [6.07, 6.45) is 9.01. The number of thiophene rings is 1. The number of nitrogens with zero attached hydrogens (tertiary/aromatic N) is 1. The number of aromatic nitrogens is 1. The lowest BCUT2D eigenvalue weighted by molar-refractivity contribution is 0.101. The van der Waals surface area contributed by atoms with E-state index in [4.69, 9.17) is 0 Å². The van der Waals surface area contributed by atoms with Gasteiger partial charge in [0.25, 0.3) is 0 Å². The van der Waals surface area contributed by atoms with Crippen molar-refractivity contribution in [2.45, 2.75) is 64.3 Å². The molecule has 2 heterocycles. The number of carbonyl (C=O) groups is 1. The smallest absolute Gasteiger partial charge is 0.200 e. The molecule has 0 bridgehead atoms. The van der Waals surface area contributed by atoms with Crippen LogP contribution in [-0.2, 0) is 6.42 Å². The summed E-state index contributed by atoms with van der Waals surface area (Å²) in [6.45, 7) is 3.77. The van der Waals surface area contributed by atoms with E-state index in [0.717, 1.165) is 18.4 Å². The average molecular weight is 392 g/mol. The van der Waals surface area contributed by atoms with Gasteiger partial charge in [-0.3, -0.25) is 9.59 Å². The number of rotatable bonds is 4. The summed E-state index contributed by atoms with van der Waals surface area (Å²) in [4.78, 5) is 27.6. The van der Waals surface area contributed by atoms with Crippen LogP contribution in [-0.4, -0.2) is 10.4 Å². The molecule has 28 heavy (non-hydrogen) atoms. The molecular weight excluding hydrogens is 366 g/mol. The molecule has 4 heteroatoms. The molecule has 1 unspecified atom stereocenters. The van der Waals surface area contributed by atoms with Gasteiger partial charge in [0.05, 0.1) is 11.1 Å². The Morgan fingerprint density at radius 3 is 2.75 bits per heavy atom. The van der Waals surface area contributed by atoms with Gasteiger partial charge in [0.1, 0.15) is 0 Å². The van der Waals surface area contributed by atoms with Crippen LogP contribution in [0.25, 0.3) is 21.3 Å². The first-order chi connectivity index (χ1) is 13.6. The highest BCUT2D eigenvalue weighted by Crippen LogP contribution is 2.43. The van der Waals surface area contributed by atoms with Crippen molar-refractivity contribution in [3.8, 4) is 10.4 Å². The van der Waals surface area contributed by atoms with E-state index in [-0.39, 0.29) is 11.2 Å². The standard InChI is InChI=1S/C24H25NO2S/c1-3-15-5-4-6-22-19(15)12-23(28-22)16-7-10-18-21(11-16)25(17-8-9-17)13-20(14(2)26)24(18)27/h7,10-13,15,17H,3-6,8-9H2,1-2H3. The highest BCUT2D eigenvalue weighted by molar-refractivity contribution is 7.15. The Bertz CT molecular complexity index is 1150. The fourth-order valence-corrected chi connectivity index (χ4v) is 5.91. The van der Waals surface area contributed by atoms with Crippen LogP contribution in [0.1, 0.15) is 78.7 Å². The molecule has 2 aromatic heterocycles. The van der Waals surface area contributed by atoms with E-state index in [0.29, 0.717) is 22.9 Å². The minimum atomic E-state index is -0.151. The summed E-state index contributed by atoms with van der Waals surface area (Å²) >= 11 is 1.92. The second kappa shape index (κ2) is 6.70. The fourth-order valence-electron chi connectivity index (χ4n) is 4.62. The van der Waals surface area contributed by atoms with Crippen LogP contribution in [0.2, 0.25) is 0 Å². The Morgan fingerprint density at radius 2 is 2.04 bits per heavy atom. The Labute approximate surface area is 169 Å². The molecule has 3 aromatic rings. The van der Waals surface area contributed by atoms with Gasteiger partial charge in [-0.05, 0) is 80.7 Å². The lowest BCUT2D eigenvalue weighted by Crippen LogP contribution is -2.17. The van der Waals surface area contributed by atoms with Crippen molar-refractivity contribution in [1.29, 1.82) is 0 Å². The van der Waals surface area contributed by atoms with E-state index in [1.807, 2.05) is 17.4 Å². The maximum absolute atomic E-state index is 12.8. The first-order valence-electron chi connectivity index (χ1n) is 10.4. The van der Waals surface area contributed by atoms with E-state index in [2.05, 4.69) is 29.7 Å². The molecule has 0 aliphatic heterocycles. The number of ketones is 1. The Balaban J connectivity index is 1.68. The van der Waals surface area contributed by atoms with E-state index in [9.17, 15) is 9.59 Å². The number of benzene rings is 1. The maximum Gasteiger partial charge on any atom is 0.200 e. The van der Waals surface area contributed by atoms with E-state index in [1.54, 1.807) is 16.6 Å². The highest BCUT2D eigenvalue weighted by atomic mass is 32.1. The topological polar surface area (TPSA) is 39.1 Å². The summed E-state index contributed by atoms with van der Waals surface area (Å²) in [5.41, 5.74) is 3.87. The summed E-state index contributed by atoms with van der Waals surface area (Å²) < 4.78 is 2.17. The minimum absolute atomic E-state index is 0.137. The molecule has 144 valence electrons. The van der Waals surface area contributed by atoms with Gasteiger partial charge in [-0.15, -0.1) is 11.3 Å². The summed E-state index contributed by atoms with van der Waals surface area (Å²) in [6, 6.07) is 8.95. The van der Waals surface area contributed by atoms with Crippen LogP contribution in [0.5, 0.6) is 0 Å². The predicted octanol–water partition coefficient (Wildman–Crippen LogP) is 6.10. The van der Waals surface area contributed by atoms with E-state index in [1.165, 1.54) is 43.0 Å². The Morgan fingerprint density at radius 1 is 1.21 bits per heavy atom. The first-order valence-corrected chi connectivity index (χ1v) is 11.2. The van der Waals surface area contributed by atoms with Crippen LogP contribution in [0.15, 0.2) is 35.3 Å². The van der Waals surface area contributed by atoms with Crippen molar-refractivity contribution in [1.82, 2.24) is 4.57 Å². The molecule has 0 amide bonds. The van der Waals surface area contributed by atoms with Gasteiger partial charge >= 0.3 is 0 Å². The molecule has 0 radical (unpaired) electrons. The number of hydrogen-bond donors (Lipinski definition) is 0. The third-order valence-electron chi connectivity index (χ3n) is 6.37. The van der Waals surface area contributed by atoms with Crippen molar-refractivity contribution in [2.75, 3.05) is 0 Å². The molecule has 1 fully saturated rings. The van der Waals surface area contributed by atoms with Gasteiger partial charge < -0.3 is 4.57 Å². The number of aryl methyl sites for hydroxylation is 1. The average Bonchev–Trinajstić information content (AvgIpc) is 3.44. The zero-order valence-electron chi connectivity index (χ0n) is 16.5. The van der Waals surface area contributed by atoms with Crippen molar-refractivity contribution in [3.63, 3.8) is 0 Å².